The molecule has 0 atom stereocenters. The van der Waals surface area contributed by atoms with E-state index in [0.717, 1.165) is 12.8 Å². The molecule has 1 aromatic rings. The van der Waals surface area contributed by atoms with Crippen molar-refractivity contribution in [1.82, 2.24) is 0 Å². The SMILES string of the molecule is CCCCc1cc(CCCC)c(CCCO)c(CCCC)c1. The van der Waals surface area contributed by atoms with Crippen molar-refractivity contribution in [1.29, 1.82) is 0 Å². The molecular formula is C21H36O. The van der Waals surface area contributed by atoms with E-state index in [0.29, 0.717) is 6.61 Å². The summed E-state index contributed by atoms with van der Waals surface area (Å²) in [5.41, 5.74) is 6.22. The highest BCUT2D eigenvalue weighted by molar-refractivity contribution is 5.40. The van der Waals surface area contributed by atoms with E-state index in [-0.39, 0.29) is 0 Å². The first-order chi connectivity index (χ1) is 10.8. The van der Waals surface area contributed by atoms with Crippen LogP contribution in [0.25, 0.3) is 0 Å². The van der Waals surface area contributed by atoms with E-state index in [9.17, 15) is 5.11 Å². The molecule has 0 aliphatic rings. The van der Waals surface area contributed by atoms with Crippen LogP contribution >= 0.6 is 0 Å². The fraction of sp³-hybridized carbons (Fsp3) is 0.714. The highest BCUT2D eigenvalue weighted by Gasteiger charge is 2.11. The summed E-state index contributed by atoms with van der Waals surface area (Å²) in [7, 11) is 0. The van der Waals surface area contributed by atoms with Gasteiger partial charge in [0.2, 0.25) is 0 Å². The monoisotopic (exact) mass is 304 g/mol. The molecule has 1 nitrogen and oxygen atoms in total. The molecule has 126 valence electrons. The summed E-state index contributed by atoms with van der Waals surface area (Å²) in [5, 5.41) is 9.23. The average molecular weight is 305 g/mol. The van der Waals surface area contributed by atoms with Crippen LogP contribution < -0.4 is 0 Å². The van der Waals surface area contributed by atoms with Crippen molar-refractivity contribution in [2.75, 3.05) is 6.61 Å². The Balaban J connectivity index is 3.07. The summed E-state index contributed by atoms with van der Waals surface area (Å²) in [4.78, 5) is 0. The lowest BCUT2D eigenvalue weighted by molar-refractivity contribution is 0.288. The molecule has 0 amide bonds. The molecule has 1 aromatic carbocycles. The summed E-state index contributed by atoms with van der Waals surface area (Å²) in [6.07, 6.45) is 13.2. The van der Waals surface area contributed by atoms with Crippen LogP contribution in [0.4, 0.5) is 0 Å². The highest BCUT2D eigenvalue weighted by atomic mass is 16.2. The van der Waals surface area contributed by atoms with E-state index in [2.05, 4.69) is 32.9 Å². The number of rotatable bonds is 12. The summed E-state index contributed by atoms with van der Waals surface area (Å²) < 4.78 is 0. The van der Waals surface area contributed by atoms with Crippen molar-refractivity contribution in [2.45, 2.75) is 91.4 Å². The van der Waals surface area contributed by atoms with Crippen LogP contribution in [0, 0.1) is 0 Å². The zero-order valence-corrected chi connectivity index (χ0v) is 15.1. The van der Waals surface area contributed by atoms with Gasteiger partial charge in [0.15, 0.2) is 0 Å². The van der Waals surface area contributed by atoms with Gasteiger partial charge in [0.05, 0.1) is 0 Å². The molecule has 0 bridgehead atoms. The van der Waals surface area contributed by atoms with Gasteiger partial charge < -0.3 is 5.11 Å². The van der Waals surface area contributed by atoms with Crippen molar-refractivity contribution >= 4 is 0 Å². The van der Waals surface area contributed by atoms with Crippen LogP contribution in [0.5, 0.6) is 0 Å². The zero-order valence-electron chi connectivity index (χ0n) is 15.1. The lowest BCUT2D eigenvalue weighted by Gasteiger charge is -2.17. The standard InChI is InChI=1S/C21H36O/c1-4-7-11-18-16-19(12-8-5-2)21(14-10-15-22)20(17-18)13-9-6-3/h16-17,22H,4-15H2,1-3H3. The predicted octanol–water partition coefficient (Wildman–Crippen LogP) is 5.64. The van der Waals surface area contributed by atoms with E-state index in [4.69, 9.17) is 0 Å². The van der Waals surface area contributed by atoms with Gasteiger partial charge in [-0.05, 0) is 73.6 Å². The first-order valence-corrected chi connectivity index (χ1v) is 9.51. The number of hydrogen-bond donors (Lipinski definition) is 1. The molecular weight excluding hydrogens is 268 g/mol. The third-order valence-corrected chi connectivity index (χ3v) is 4.50. The van der Waals surface area contributed by atoms with Crippen LogP contribution in [0.2, 0.25) is 0 Å². The number of aliphatic hydroxyl groups is 1. The maximum Gasteiger partial charge on any atom is 0.0434 e. The molecule has 0 heterocycles. The fourth-order valence-corrected chi connectivity index (χ4v) is 3.15. The Morgan fingerprint density at radius 3 is 1.64 bits per heavy atom. The number of unbranched alkanes of at least 4 members (excludes halogenated alkanes) is 3. The second-order valence-corrected chi connectivity index (χ2v) is 6.53. The lowest BCUT2D eigenvalue weighted by atomic mass is 9.88. The van der Waals surface area contributed by atoms with Gasteiger partial charge in [-0.25, -0.2) is 0 Å². The van der Waals surface area contributed by atoms with Gasteiger partial charge >= 0.3 is 0 Å². The second-order valence-electron chi connectivity index (χ2n) is 6.53. The fourth-order valence-electron chi connectivity index (χ4n) is 3.15. The first kappa shape index (κ1) is 19.2. The largest absolute Gasteiger partial charge is 0.396 e. The number of aryl methyl sites for hydroxylation is 3. The van der Waals surface area contributed by atoms with Gasteiger partial charge in [-0.1, -0.05) is 52.2 Å². The molecule has 0 spiro atoms. The van der Waals surface area contributed by atoms with Crippen LogP contribution in [0.1, 0.15) is 88.0 Å². The van der Waals surface area contributed by atoms with Crippen molar-refractivity contribution in [3.8, 4) is 0 Å². The Morgan fingerprint density at radius 2 is 1.18 bits per heavy atom. The molecule has 0 saturated heterocycles. The Bertz CT molecular complexity index is 379. The zero-order chi connectivity index (χ0) is 16.2. The van der Waals surface area contributed by atoms with Gasteiger partial charge in [0.25, 0.3) is 0 Å². The maximum absolute atomic E-state index is 9.23. The molecule has 0 radical (unpaired) electrons. The van der Waals surface area contributed by atoms with E-state index >= 15 is 0 Å². The molecule has 0 fully saturated rings. The Kier molecular flexibility index (Phi) is 10.2. The Morgan fingerprint density at radius 1 is 0.682 bits per heavy atom. The smallest absolute Gasteiger partial charge is 0.0434 e. The Labute approximate surface area is 138 Å². The molecule has 1 heteroatoms. The first-order valence-electron chi connectivity index (χ1n) is 9.51. The molecule has 0 aromatic heterocycles. The highest BCUT2D eigenvalue weighted by Crippen LogP contribution is 2.24. The van der Waals surface area contributed by atoms with Crippen molar-refractivity contribution < 1.29 is 5.11 Å². The van der Waals surface area contributed by atoms with Crippen molar-refractivity contribution in [2.24, 2.45) is 0 Å². The van der Waals surface area contributed by atoms with Crippen LogP contribution in [-0.4, -0.2) is 11.7 Å². The molecule has 1 rings (SSSR count). The molecule has 0 saturated carbocycles. The van der Waals surface area contributed by atoms with Gasteiger partial charge in [0, 0.05) is 6.61 Å². The third kappa shape index (κ3) is 6.52. The summed E-state index contributed by atoms with van der Waals surface area (Å²) >= 11 is 0. The van der Waals surface area contributed by atoms with Gasteiger partial charge in [0.1, 0.15) is 0 Å². The quantitative estimate of drug-likeness (QED) is 0.530. The molecule has 0 aliphatic carbocycles. The minimum absolute atomic E-state index is 0.304. The van der Waals surface area contributed by atoms with Crippen LogP contribution in [-0.2, 0) is 25.7 Å². The Hall–Kier alpha value is -0.820. The molecule has 22 heavy (non-hydrogen) atoms. The summed E-state index contributed by atoms with van der Waals surface area (Å²) in [6.45, 7) is 7.11. The summed E-state index contributed by atoms with van der Waals surface area (Å²) in [6, 6.07) is 4.93. The molecule has 1 N–H and O–H groups in total. The third-order valence-electron chi connectivity index (χ3n) is 4.50. The number of aliphatic hydroxyl groups excluding tert-OH is 1. The normalized spacial score (nSPS) is 11.1. The van der Waals surface area contributed by atoms with Crippen molar-refractivity contribution in [3.05, 3.63) is 34.4 Å². The van der Waals surface area contributed by atoms with E-state index in [1.807, 2.05) is 0 Å². The molecule has 0 aliphatic heterocycles. The van der Waals surface area contributed by atoms with Crippen LogP contribution in [0.15, 0.2) is 12.1 Å². The van der Waals surface area contributed by atoms with E-state index < -0.39 is 0 Å². The number of hydrogen-bond acceptors (Lipinski definition) is 1. The maximum atomic E-state index is 9.23. The predicted molar refractivity (Wildman–Crippen MR) is 97.7 cm³/mol. The van der Waals surface area contributed by atoms with Crippen molar-refractivity contribution in [3.63, 3.8) is 0 Å². The summed E-state index contributed by atoms with van der Waals surface area (Å²) in [5.74, 6) is 0. The minimum atomic E-state index is 0.304. The van der Waals surface area contributed by atoms with Gasteiger partial charge in [-0.3, -0.25) is 0 Å². The minimum Gasteiger partial charge on any atom is -0.396 e. The topological polar surface area (TPSA) is 20.2 Å². The molecule has 0 unspecified atom stereocenters. The average Bonchev–Trinajstić information content (AvgIpc) is 2.54. The number of benzene rings is 1. The van der Waals surface area contributed by atoms with E-state index in [1.165, 1.54) is 63.4 Å². The second kappa shape index (κ2) is 11.7. The van der Waals surface area contributed by atoms with E-state index in [1.54, 1.807) is 16.7 Å². The van der Waals surface area contributed by atoms with Gasteiger partial charge in [-0.2, -0.15) is 0 Å². The van der Waals surface area contributed by atoms with Crippen LogP contribution in [0.3, 0.4) is 0 Å². The van der Waals surface area contributed by atoms with Gasteiger partial charge in [-0.15, -0.1) is 0 Å². The lowest BCUT2D eigenvalue weighted by Crippen LogP contribution is -2.05.